The lowest BCUT2D eigenvalue weighted by Crippen LogP contribution is -2.51. The highest BCUT2D eigenvalue weighted by Gasteiger charge is 2.37. The van der Waals surface area contributed by atoms with Crippen LogP contribution >= 0.6 is 0 Å². The predicted octanol–water partition coefficient (Wildman–Crippen LogP) is 1.15. The van der Waals surface area contributed by atoms with Crippen LogP contribution in [0, 0.1) is 10.1 Å². The molecule has 9 heteroatoms. The number of hydrogen-bond acceptors (Lipinski definition) is 6. The van der Waals surface area contributed by atoms with Gasteiger partial charge in [0.15, 0.2) is 0 Å². The number of non-ortho nitro benzene ring substituents is 1. The molecule has 122 valence electrons. The molecule has 0 radical (unpaired) electrons. The molecule has 3 N–H and O–H groups in total. The second-order valence-electron chi connectivity index (χ2n) is 5.39. The Balaban J connectivity index is 2.38. The van der Waals surface area contributed by atoms with Crippen molar-refractivity contribution in [1.82, 2.24) is 4.72 Å². The molecule has 0 heterocycles. The van der Waals surface area contributed by atoms with Crippen LogP contribution in [0.1, 0.15) is 25.7 Å². The SMILES string of the molecule is COc1cc([N+](=O)[O-])ccc1S(=O)(=O)NC1(CN)CCCC1. The Bertz CT molecular complexity index is 668. The summed E-state index contributed by atoms with van der Waals surface area (Å²) < 4.78 is 32.8. The predicted molar refractivity (Wildman–Crippen MR) is 80.2 cm³/mol. The zero-order valence-electron chi connectivity index (χ0n) is 12.2. The maximum absolute atomic E-state index is 12.6. The zero-order valence-corrected chi connectivity index (χ0v) is 13.1. The van der Waals surface area contributed by atoms with Crippen LogP contribution in [0.4, 0.5) is 5.69 Å². The molecular formula is C13H19N3O5S. The lowest BCUT2D eigenvalue weighted by Gasteiger charge is -2.28. The van der Waals surface area contributed by atoms with Crippen molar-refractivity contribution in [2.75, 3.05) is 13.7 Å². The first-order valence-corrected chi connectivity index (χ1v) is 8.38. The summed E-state index contributed by atoms with van der Waals surface area (Å²) in [4.78, 5) is 10.0. The Labute approximate surface area is 128 Å². The Hall–Kier alpha value is -1.71. The van der Waals surface area contributed by atoms with E-state index in [9.17, 15) is 18.5 Å². The first-order valence-electron chi connectivity index (χ1n) is 6.90. The molecule has 0 saturated heterocycles. The lowest BCUT2D eigenvalue weighted by molar-refractivity contribution is -0.385. The molecule has 2 rings (SSSR count). The third-order valence-electron chi connectivity index (χ3n) is 3.95. The van der Waals surface area contributed by atoms with Gasteiger partial charge in [0.25, 0.3) is 5.69 Å². The van der Waals surface area contributed by atoms with E-state index in [4.69, 9.17) is 10.5 Å². The smallest absolute Gasteiger partial charge is 0.273 e. The fourth-order valence-electron chi connectivity index (χ4n) is 2.73. The molecule has 0 amide bonds. The number of nitrogens with zero attached hydrogens (tertiary/aromatic N) is 1. The molecule has 22 heavy (non-hydrogen) atoms. The number of nitro groups is 1. The summed E-state index contributed by atoms with van der Waals surface area (Å²) in [6.07, 6.45) is 3.18. The van der Waals surface area contributed by atoms with Crippen LogP contribution in [0.25, 0.3) is 0 Å². The van der Waals surface area contributed by atoms with E-state index in [1.807, 2.05) is 0 Å². The summed E-state index contributed by atoms with van der Waals surface area (Å²) in [7, 11) is -2.61. The number of benzene rings is 1. The molecule has 1 aromatic rings. The van der Waals surface area contributed by atoms with Crippen LogP contribution in [0.5, 0.6) is 5.75 Å². The number of ether oxygens (including phenoxy) is 1. The number of sulfonamides is 1. The molecule has 1 aromatic carbocycles. The quantitative estimate of drug-likeness (QED) is 0.596. The molecule has 1 aliphatic carbocycles. The Morgan fingerprint density at radius 1 is 1.41 bits per heavy atom. The minimum absolute atomic E-state index is 0.0631. The molecule has 8 nitrogen and oxygen atoms in total. The van der Waals surface area contributed by atoms with Gasteiger partial charge < -0.3 is 10.5 Å². The van der Waals surface area contributed by atoms with Crippen LogP contribution in [-0.2, 0) is 10.0 Å². The second-order valence-corrected chi connectivity index (χ2v) is 7.04. The van der Waals surface area contributed by atoms with Gasteiger partial charge in [0.05, 0.1) is 18.1 Å². The summed E-state index contributed by atoms with van der Waals surface area (Å²) >= 11 is 0. The first kappa shape index (κ1) is 16.7. The Kier molecular flexibility index (Phi) is 4.69. The monoisotopic (exact) mass is 329 g/mol. The number of nitrogens with one attached hydrogen (secondary N) is 1. The highest BCUT2D eigenvalue weighted by atomic mass is 32.2. The van der Waals surface area contributed by atoms with E-state index in [2.05, 4.69) is 4.72 Å². The van der Waals surface area contributed by atoms with Crippen LogP contribution in [0.2, 0.25) is 0 Å². The molecule has 0 atom stereocenters. The molecule has 0 spiro atoms. The van der Waals surface area contributed by atoms with Gasteiger partial charge in [-0.1, -0.05) is 12.8 Å². The van der Waals surface area contributed by atoms with E-state index in [-0.39, 0.29) is 22.9 Å². The molecule has 1 fully saturated rings. The molecule has 0 aliphatic heterocycles. The maximum Gasteiger partial charge on any atom is 0.273 e. The molecule has 1 aliphatic rings. The summed E-state index contributed by atoms with van der Waals surface area (Å²) in [5.74, 6) is -0.0631. The number of nitrogens with two attached hydrogens (primary N) is 1. The van der Waals surface area contributed by atoms with Gasteiger partial charge in [-0.05, 0) is 18.9 Å². The standard InChI is InChI=1S/C13H19N3O5S/c1-21-11-8-10(16(17)18)4-5-12(11)22(19,20)15-13(9-14)6-2-3-7-13/h4-5,8,15H,2-3,6-7,9,14H2,1H3. The topological polar surface area (TPSA) is 125 Å². The molecule has 0 bridgehead atoms. The fraction of sp³-hybridized carbons (Fsp3) is 0.538. The van der Waals surface area contributed by atoms with Gasteiger partial charge in [-0.15, -0.1) is 0 Å². The van der Waals surface area contributed by atoms with Crippen LogP contribution < -0.4 is 15.2 Å². The highest BCUT2D eigenvalue weighted by molar-refractivity contribution is 7.89. The summed E-state index contributed by atoms with van der Waals surface area (Å²) in [6, 6.07) is 3.41. The number of methoxy groups -OCH3 is 1. The molecule has 0 aromatic heterocycles. The summed E-state index contributed by atoms with van der Waals surface area (Å²) in [5.41, 5.74) is 4.86. The average molecular weight is 329 g/mol. The van der Waals surface area contributed by atoms with E-state index in [1.165, 1.54) is 13.2 Å². The van der Waals surface area contributed by atoms with Gasteiger partial charge in [0.1, 0.15) is 10.6 Å². The van der Waals surface area contributed by atoms with Crippen molar-refractivity contribution in [3.8, 4) is 5.75 Å². The van der Waals surface area contributed by atoms with Crippen molar-refractivity contribution in [3.05, 3.63) is 28.3 Å². The van der Waals surface area contributed by atoms with Crippen molar-refractivity contribution < 1.29 is 18.1 Å². The third kappa shape index (κ3) is 3.21. The molecular weight excluding hydrogens is 310 g/mol. The van der Waals surface area contributed by atoms with Gasteiger partial charge in [-0.25, -0.2) is 13.1 Å². The Morgan fingerprint density at radius 2 is 2.05 bits per heavy atom. The van der Waals surface area contributed by atoms with Crippen LogP contribution in [0.15, 0.2) is 23.1 Å². The fourth-order valence-corrected chi connectivity index (χ4v) is 4.35. The van der Waals surface area contributed by atoms with Crippen molar-refractivity contribution in [2.24, 2.45) is 5.73 Å². The van der Waals surface area contributed by atoms with Gasteiger partial charge in [0, 0.05) is 18.2 Å². The molecule has 0 unspecified atom stereocenters. The van der Waals surface area contributed by atoms with E-state index < -0.39 is 20.5 Å². The number of hydrogen-bond donors (Lipinski definition) is 2. The van der Waals surface area contributed by atoms with Gasteiger partial charge in [0.2, 0.25) is 10.0 Å². The van der Waals surface area contributed by atoms with Crippen molar-refractivity contribution in [3.63, 3.8) is 0 Å². The lowest BCUT2D eigenvalue weighted by atomic mass is 10.0. The van der Waals surface area contributed by atoms with Crippen LogP contribution in [0.3, 0.4) is 0 Å². The minimum atomic E-state index is -3.88. The largest absolute Gasteiger partial charge is 0.495 e. The van der Waals surface area contributed by atoms with Gasteiger partial charge in [-0.3, -0.25) is 10.1 Å². The van der Waals surface area contributed by atoms with E-state index in [0.717, 1.165) is 25.0 Å². The van der Waals surface area contributed by atoms with Crippen molar-refractivity contribution in [2.45, 2.75) is 36.1 Å². The zero-order chi connectivity index (χ0) is 16.4. The van der Waals surface area contributed by atoms with Crippen molar-refractivity contribution >= 4 is 15.7 Å². The van der Waals surface area contributed by atoms with Crippen molar-refractivity contribution in [1.29, 1.82) is 0 Å². The highest BCUT2D eigenvalue weighted by Crippen LogP contribution is 2.33. The third-order valence-corrected chi connectivity index (χ3v) is 5.57. The number of rotatable bonds is 6. The van der Waals surface area contributed by atoms with E-state index in [1.54, 1.807) is 0 Å². The van der Waals surface area contributed by atoms with E-state index in [0.29, 0.717) is 12.8 Å². The normalized spacial score (nSPS) is 17.4. The Morgan fingerprint density at radius 3 is 2.55 bits per heavy atom. The van der Waals surface area contributed by atoms with Gasteiger partial charge >= 0.3 is 0 Å². The first-order chi connectivity index (χ1) is 10.3. The molecule has 1 saturated carbocycles. The second kappa shape index (κ2) is 6.19. The average Bonchev–Trinajstić information content (AvgIpc) is 2.94. The number of nitro benzene ring substituents is 1. The minimum Gasteiger partial charge on any atom is -0.495 e. The van der Waals surface area contributed by atoms with E-state index >= 15 is 0 Å². The van der Waals surface area contributed by atoms with Gasteiger partial charge in [-0.2, -0.15) is 0 Å². The summed E-state index contributed by atoms with van der Waals surface area (Å²) in [5, 5.41) is 10.8. The summed E-state index contributed by atoms with van der Waals surface area (Å²) in [6.45, 7) is 0.210. The van der Waals surface area contributed by atoms with Crippen LogP contribution in [-0.4, -0.2) is 32.5 Å². The maximum atomic E-state index is 12.6.